The van der Waals surface area contributed by atoms with Crippen molar-refractivity contribution in [2.45, 2.75) is 29.7 Å². The smallest absolute Gasteiger partial charge is 0.243 e. The first-order chi connectivity index (χ1) is 9.86. The van der Waals surface area contributed by atoms with Crippen molar-refractivity contribution in [3.8, 4) is 0 Å². The molecule has 0 spiro atoms. The maximum atomic E-state index is 12.7. The van der Waals surface area contributed by atoms with Gasteiger partial charge in [0, 0.05) is 30.5 Å². The fraction of sp³-hybridized carbons (Fsp3) is 0.571. The Hall–Kier alpha value is -0.330. The lowest BCUT2D eigenvalue weighted by atomic mass is 10.1. The molecule has 118 valence electrons. The Balaban J connectivity index is 2.28. The van der Waals surface area contributed by atoms with Crippen molar-refractivity contribution in [2.75, 3.05) is 27.2 Å². The molecule has 1 atom stereocenters. The van der Waals surface area contributed by atoms with Gasteiger partial charge in [-0.25, -0.2) is 8.42 Å². The highest BCUT2D eigenvalue weighted by molar-refractivity contribution is 7.89. The van der Waals surface area contributed by atoms with E-state index in [0.29, 0.717) is 10.6 Å². The van der Waals surface area contributed by atoms with Gasteiger partial charge in [0.15, 0.2) is 0 Å². The first kappa shape index (κ1) is 17.0. The molecule has 1 aliphatic heterocycles. The Morgan fingerprint density at radius 1 is 1.43 bits per heavy atom. The Kier molecular flexibility index (Phi) is 5.54. The molecule has 1 unspecified atom stereocenters. The summed E-state index contributed by atoms with van der Waals surface area (Å²) in [6.07, 6.45) is 1.89. The van der Waals surface area contributed by atoms with Crippen LogP contribution in [0.3, 0.4) is 0 Å². The molecule has 0 bridgehead atoms. The van der Waals surface area contributed by atoms with Gasteiger partial charge in [0.2, 0.25) is 10.0 Å². The van der Waals surface area contributed by atoms with E-state index in [2.05, 4.69) is 4.90 Å². The van der Waals surface area contributed by atoms with Crippen LogP contribution in [0.2, 0.25) is 5.02 Å². The average Bonchev–Trinajstić information content (AvgIpc) is 2.46. The zero-order chi connectivity index (χ0) is 15.6. The SMILES string of the molecule is CN1CCCC(N(C)S(=O)(=O)c2ccc(Cl)c(CCl)c2)C1. The number of benzene rings is 1. The number of alkyl halides is 1. The summed E-state index contributed by atoms with van der Waals surface area (Å²) >= 11 is 11.8. The van der Waals surface area contributed by atoms with Gasteiger partial charge in [-0.05, 0) is 50.2 Å². The minimum atomic E-state index is -3.52. The maximum absolute atomic E-state index is 12.7. The molecule has 0 saturated carbocycles. The number of likely N-dealkylation sites (tertiary alicyclic amines) is 1. The van der Waals surface area contributed by atoms with Crippen molar-refractivity contribution in [1.82, 2.24) is 9.21 Å². The predicted molar refractivity (Wildman–Crippen MR) is 86.5 cm³/mol. The molecule has 2 rings (SSSR count). The molecule has 1 aromatic rings. The van der Waals surface area contributed by atoms with E-state index in [1.807, 2.05) is 7.05 Å². The monoisotopic (exact) mass is 350 g/mol. The normalized spacial score (nSPS) is 20.9. The van der Waals surface area contributed by atoms with Gasteiger partial charge in [0.25, 0.3) is 0 Å². The summed E-state index contributed by atoms with van der Waals surface area (Å²) < 4.78 is 27.0. The average molecular weight is 351 g/mol. The third-order valence-electron chi connectivity index (χ3n) is 3.95. The third kappa shape index (κ3) is 3.71. The van der Waals surface area contributed by atoms with Gasteiger partial charge in [0.1, 0.15) is 0 Å². The number of rotatable bonds is 4. The van der Waals surface area contributed by atoms with Crippen molar-refractivity contribution in [1.29, 1.82) is 0 Å². The van der Waals surface area contributed by atoms with Gasteiger partial charge in [-0.2, -0.15) is 4.31 Å². The summed E-state index contributed by atoms with van der Waals surface area (Å²) in [4.78, 5) is 2.41. The number of piperidine rings is 1. The zero-order valence-electron chi connectivity index (χ0n) is 12.2. The molecule has 21 heavy (non-hydrogen) atoms. The summed E-state index contributed by atoms with van der Waals surface area (Å²) in [5, 5.41) is 0.490. The summed E-state index contributed by atoms with van der Waals surface area (Å²) in [5.41, 5.74) is 0.633. The number of hydrogen-bond donors (Lipinski definition) is 0. The fourth-order valence-electron chi connectivity index (χ4n) is 2.61. The summed E-state index contributed by atoms with van der Waals surface area (Å²) in [6.45, 7) is 1.77. The van der Waals surface area contributed by atoms with E-state index in [9.17, 15) is 8.42 Å². The second-order valence-corrected chi connectivity index (χ2v) is 8.14. The van der Waals surface area contributed by atoms with Gasteiger partial charge in [0.05, 0.1) is 4.90 Å². The Labute approximate surface area is 136 Å². The molecule has 1 saturated heterocycles. The fourth-order valence-corrected chi connectivity index (χ4v) is 4.51. The van der Waals surface area contributed by atoms with E-state index in [4.69, 9.17) is 23.2 Å². The number of nitrogens with zero attached hydrogens (tertiary/aromatic N) is 2. The third-order valence-corrected chi connectivity index (χ3v) is 6.51. The minimum Gasteiger partial charge on any atom is -0.305 e. The first-order valence-corrected chi connectivity index (χ1v) is 9.22. The van der Waals surface area contributed by atoms with Crippen LogP contribution in [-0.2, 0) is 15.9 Å². The van der Waals surface area contributed by atoms with Gasteiger partial charge in [-0.1, -0.05) is 11.6 Å². The van der Waals surface area contributed by atoms with E-state index in [-0.39, 0.29) is 16.8 Å². The summed E-state index contributed by atoms with van der Waals surface area (Å²) in [6, 6.07) is 4.70. The molecule has 1 aromatic carbocycles. The zero-order valence-corrected chi connectivity index (χ0v) is 14.5. The number of hydrogen-bond acceptors (Lipinski definition) is 3. The topological polar surface area (TPSA) is 40.6 Å². The van der Waals surface area contributed by atoms with Crippen LogP contribution in [-0.4, -0.2) is 50.8 Å². The van der Waals surface area contributed by atoms with Crippen LogP contribution in [0.4, 0.5) is 0 Å². The van der Waals surface area contributed by atoms with Crippen molar-refractivity contribution in [3.63, 3.8) is 0 Å². The van der Waals surface area contributed by atoms with Crippen LogP contribution in [0.25, 0.3) is 0 Å². The quantitative estimate of drug-likeness (QED) is 0.784. The molecule has 4 nitrogen and oxygen atoms in total. The van der Waals surface area contributed by atoms with Gasteiger partial charge >= 0.3 is 0 Å². The highest BCUT2D eigenvalue weighted by atomic mass is 35.5. The second kappa shape index (κ2) is 6.84. The molecule has 0 aliphatic carbocycles. The lowest BCUT2D eigenvalue weighted by molar-refractivity contribution is 0.187. The van der Waals surface area contributed by atoms with Crippen LogP contribution >= 0.6 is 23.2 Å². The van der Waals surface area contributed by atoms with Crippen LogP contribution < -0.4 is 0 Å². The summed E-state index contributed by atoms with van der Waals surface area (Å²) in [7, 11) is 0.139. The Morgan fingerprint density at radius 3 is 2.76 bits per heavy atom. The Morgan fingerprint density at radius 2 is 2.14 bits per heavy atom. The highest BCUT2D eigenvalue weighted by Gasteiger charge is 2.30. The molecular weight excluding hydrogens is 331 g/mol. The molecular formula is C14H20Cl2N2O2S. The van der Waals surface area contributed by atoms with Crippen LogP contribution in [0.5, 0.6) is 0 Å². The van der Waals surface area contributed by atoms with E-state index in [1.54, 1.807) is 19.2 Å². The van der Waals surface area contributed by atoms with Crippen LogP contribution in [0, 0.1) is 0 Å². The molecule has 1 fully saturated rings. The second-order valence-electron chi connectivity index (χ2n) is 5.47. The standard InChI is InChI=1S/C14H20Cl2N2O2S/c1-17-7-3-4-12(10-17)18(2)21(19,20)13-5-6-14(16)11(8-13)9-15/h5-6,8,12H,3-4,7,9-10H2,1-2H3. The molecule has 0 amide bonds. The predicted octanol–water partition coefficient (Wildman–Crippen LogP) is 2.79. The molecule has 1 aliphatic rings. The van der Waals surface area contributed by atoms with E-state index in [0.717, 1.165) is 25.9 Å². The van der Waals surface area contributed by atoms with Crippen molar-refractivity contribution >= 4 is 33.2 Å². The van der Waals surface area contributed by atoms with E-state index in [1.165, 1.54) is 10.4 Å². The van der Waals surface area contributed by atoms with E-state index >= 15 is 0 Å². The number of sulfonamides is 1. The molecule has 0 N–H and O–H groups in total. The molecule has 1 heterocycles. The lowest BCUT2D eigenvalue weighted by Crippen LogP contribution is -2.47. The van der Waals surface area contributed by atoms with Crippen molar-refractivity contribution in [3.05, 3.63) is 28.8 Å². The minimum absolute atomic E-state index is 0.00359. The van der Waals surface area contributed by atoms with E-state index < -0.39 is 10.0 Å². The van der Waals surface area contributed by atoms with Gasteiger partial charge < -0.3 is 4.90 Å². The molecule has 0 aromatic heterocycles. The van der Waals surface area contributed by atoms with Gasteiger partial charge in [-0.3, -0.25) is 0 Å². The van der Waals surface area contributed by atoms with Crippen LogP contribution in [0.15, 0.2) is 23.1 Å². The molecule has 0 radical (unpaired) electrons. The number of halogens is 2. The summed E-state index contributed by atoms with van der Waals surface area (Å²) in [5.74, 6) is 0.193. The largest absolute Gasteiger partial charge is 0.305 e. The number of likely N-dealkylation sites (N-methyl/N-ethyl adjacent to an activating group) is 2. The first-order valence-electron chi connectivity index (χ1n) is 6.87. The molecule has 7 heteroatoms. The lowest BCUT2D eigenvalue weighted by Gasteiger charge is -2.35. The maximum Gasteiger partial charge on any atom is 0.243 e. The van der Waals surface area contributed by atoms with Crippen molar-refractivity contribution < 1.29 is 8.42 Å². The van der Waals surface area contributed by atoms with Gasteiger partial charge in [-0.15, -0.1) is 11.6 Å². The van der Waals surface area contributed by atoms with Crippen LogP contribution in [0.1, 0.15) is 18.4 Å². The highest BCUT2D eigenvalue weighted by Crippen LogP contribution is 2.26. The van der Waals surface area contributed by atoms with Crippen molar-refractivity contribution in [2.24, 2.45) is 0 Å². The Bertz CT molecular complexity index is 607.